The van der Waals surface area contributed by atoms with Crippen molar-refractivity contribution in [1.29, 1.82) is 0 Å². The van der Waals surface area contributed by atoms with Crippen molar-refractivity contribution in [1.82, 2.24) is 9.88 Å². The van der Waals surface area contributed by atoms with Crippen LogP contribution < -0.4 is 10.2 Å². The molecule has 6 rings (SSSR count). The Morgan fingerprint density at radius 3 is 2.73 bits per heavy atom. The van der Waals surface area contributed by atoms with E-state index in [4.69, 9.17) is 4.99 Å². The van der Waals surface area contributed by atoms with Crippen LogP contribution in [0.3, 0.4) is 0 Å². The first-order valence-electron chi connectivity index (χ1n) is 11.0. The number of rotatable bonds is 3. The summed E-state index contributed by atoms with van der Waals surface area (Å²) in [6, 6.07) is 14.6. The number of H-pyrrole nitrogens is 1. The molecule has 2 aromatic carbocycles. The Morgan fingerprint density at radius 2 is 1.88 bits per heavy atom. The largest absolute Gasteiger partial charge is 0.377 e. The summed E-state index contributed by atoms with van der Waals surface area (Å²) in [5.41, 5.74) is 6.18. The number of piperazine rings is 1. The summed E-state index contributed by atoms with van der Waals surface area (Å²) in [4.78, 5) is 25.2. The summed E-state index contributed by atoms with van der Waals surface area (Å²) in [6.07, 6.45) is 0. The Kier molecular flexibility index (Phi) is 4.87. The molecule has 0 aliphatic carbocycles. The van der Waals surface area contributed by atoms with Crippen LogP contribution in [0.15, 0.2) is 64.3 Å². The van der Waals surface area contributed by atoms with E-state index in [0.29, 0.717) is 44.0 Å². The van der Waals surface area contributed by atoms with E-state index < -0.39 is 0 Å². The third-order valence-corrected chi connectivity index (χ3v) is 7.01. The van der Waals surface area contributed by atoms with E-state index in [1.54, 1.807) is 23.5 Å². The molecule has 4 heterocycles. The van der Waals surface area contributed by atoms with Crippen LogP contribution in [0.25, 0.3) is 10.9 Å². The molecular formula is C25H22FN5OS. The molecule has 1 saturated heterocycles. The number of aromatic nitrogens is 1. The number of carbonyl (C=O) groups excluding carboxylic acids is 1. The number of nitrogens with one attached hydrogen (secondary N) is 2. The maximum absolute atomic E-state index is 14.1. The van der Waals surface area contributed by atoms with Gasteiger partial charge in [-0.25, -0.2) is 9.38 Å². The predicted molar refractivity (Wildman–Crippen MR) is 132 cm³/mol. The molecule has 0 spiro atoms. The van der Waals surface area contributed by atoms with Gasteiger partial charge in [0.05, 0.1) is 35.0 Å². The van der Waals surface area contributed by atoms with Crippen molar-refractivity contribution in [3.05, 3.63) is 76.4 Å². The normalized spacial score (nSPS) is 15.8. The average Bonchev–Trinajstić information content (AvgIpc) is 3.50. The number of benzene rings is 2. The van der Waals surface area contributed by atoms with Gasteiger partial charge in [-0.05, 0) is 36.4 Å². The van der Waals surface area contributed by atoms with Gasteiger partial charge in [0, 0.05) is 53.4 Å². The van der Waals surface area contributed by atoms with E-state index in [1.165, 1.54) is 6.07 Å². The molecule has 0 radical (unpaired) electrons. The van der Waals surface area contributed by atoms with Crippen LogP contribution in [0, 0.1) is 5.82 Å². The van der Waals surface area contributed by atoms with E-state index in [-0.39, 0.29) is 11.7 Å². The highest BCUT2D eigenvalue weighted by atomic mass is 32.1. The number of halogens is 1. The standard InChI is InChI=1S/C25H22FN5OS/c26-18-3-1-2-4-24(18)30-7-9-31(10-8-30)25(32)16-5-6-19-17(11-16)12-20(28-19)21-13-27-22-14-33-15-23(22)29-21/h1-6,11-12,14-15,27-28H,7-10,13H2. The van der Waals surface area contributed by atoms with E-state index in [2.05, 4.69) is 21.7 Å². The van der Waals surface area contributed by atoms with Gasteiger partial charge in [-0.3, -0.25) is 4.79 Å². The maximum atomic E-state index is 14.1. The van der Waals surface area contributed by atoms with Crippen LogP contribution >= 0.6 is 11.3 Å². The van der Waals surface area contributed by atoms with Gasteiger partial charge in [0.25, 0.3) is 5.91 Å². The van der Waals surface area contributed by atoms with E-state index in [9.17, 15) is 9.18 Å². The van der Waals surface area contributed by atoms with Crippen LogP contribution in [0.2, 0.25) is 0 Å². The third kappa shape index (κ3) is 3.66. The second-order valence-electron chi connectivity index (χ2n) is 8.30. The molecule has 4 aromatic rings. The zero-order valence-corrected chi connectivity index (χ0v) is 18.7. The molecule has 166 valence electrons. The Morgan fingerprint density at radius 1 is 1.03 bits per heavy atom. The second kappa shape index (κ2) is 8.04. The summed E-state index contributed by atoms with van der Waals surface area (Å²) in [5.74, 6) is -0.216. The van der Waals surface area contributed by atoms with Crippen molar-refractivity contribution in [2.45, 2.75) is 0 Å². The first-order chi connectivity index (χ1) is 16.2. The lowest BCUT2D eigenvalue weighted by molar-refractivity contribution is 0.0747. The number of nitrogens with zero attached hydrogens (tertiary/aromatic N) is 3. The molecule has 0 atom stereocenters. The minimum absolute atomic E-state index is 0.00687. The topological polar surface area (TPSA) is 63.7 Å². The molecule has 1 fully saturated rings. The first-order valence-corrected chi connectivity index (χ1v) is 11.9. The molecule has 0 bridgehead atoms. The Bertz CT molecular complexity index is 1380. The number of fused-ring (bicyclic) bond motifs is 2. The van der Waals surface area contributed by atoms with Crippen molar-refractivity contribution >= 4 is 50.9 Å². The van der Waals surface area contributed by atoms with Crippen LogP contribution in [-0.2, 0) is 0 Å². The van der Waals surface area contributed by atoms with Crippen molar-refractivity contribution in [2.75, 3.05) is 42.9 Å². The number of anilines is 2. The summed E-state index contributed by atoms with van der Waals surface area (Å²) >= 11 is 1.63. The van der Waals surface area contributed by atoms with Crippen LogP contribution in [0.1, 0.15) is 16.1 Å². The molecule has 1 amide bonds. The SMILES string of the molecule is O=C(c1ccc2[nH]c(C3=Nc4cscc4NC3)cc2c1)N1CCN(c2ccccc2F)CC1. The van der Waals surface area contributed by atoms with Crippen molar-refractivity contribution < 1.29 is 9.18 Å². The quantitative estimate of drug-likeness (QED) is 0.459. The number of hydrogen-bond acceptors (Lipinski definition) is 5. The number of aliphatic imine (C=N–C) groups is 1. The van der Waals surface area contributed by atoms with Gasteiger partial charge in [-0.15, -0.1) is 11.3 Å². The van der Waals surface area contributed by atoms with Crippen molar-refractivity contribution in [3.63, 3.8) is 0 Å². The van der Waals surface area contributed by atoms with Gasteiger partial charge < -0.3 is 20.1 Å². The molecule has 6 nitrogen and oxygen atoms in total. The van der Waals surface area contributed by atoms with Crippen molar-refractivity contribution in [2.24, 2.45) is 4.99 Å². The predicted octanol–water partition coefficient (Wildman–Crippen LogP) is 4.88. The lowest BCUT2D eigenvalue weighted by atomic mass is 10.1. The second-order valence-corrected chi connectivity index (χ2v) is 9.04. The zero-order valence-electron chi connectivity index (χ0n) is 17.8. The van der Waals surface area contributed by atoms with Gasteiger partial charge >= 0.3 is 0 Å². The minimum atomic E-state index is -0.223. The zero-order chi connectivity index (χ0) is 22.4. The van der Waals surface area contributed by atoms with Gasteiger partial charge in [0.2, 0.25) is 0 Å². The highest BCUT2D eigenvalue weighted by Crippen LogP contribution is 2.33. The minimum Gasteiger partial charge on any atom is -0.377 e. The van der Waals surface area contributed by atoms with Crippen molar-refractivity contribution in [3.8, 4) is 0 Å². The van der Waals surface area contributed by atoms with E-state index in [1.807, 2.05) is 39.4 Å². The lowest BCUT2D eigenvalue weighted by Gasteiger charge is -2.36. The molecular weight excluding hydrogens is 437 g/mol. The Labute approximate surface area is 194 Å². The summed E-state index contributed by atoms with van der Waals surface area (Å²) in [5, 5.41) is 8.48. The van der Waals surface area contributed by atoms with Crippen LogP contribution in [0.5, 0.6) is 0 Å². The maximum Gasteiger partial charge on any atom is 0.253 e. The molecule has 8 heteroatoms. The molecule has 0 saturated carbocycles. The fourth-order valence-electron chi connectivity index (χ4n) is 4.49. The van der Waals surface area contributed by atoms with Gasteiger partial charge in [-0.1, -0.05) is 12.1 Å². The molecule has 2 aromatic heterocycles. The number of aromatic amines is 1. The van der Waals surface area contributed by atoms with Gasteiger partial charge in [-0.2, -0.15) is 0 Å². The Hall–Kier alpha value is -3.65. The number of hydrogen-bond donors (Lipinski definition) is 2. The van der Waals surface area contributed by atoms with E-state index >= 15 is 0 Å². The fraction of sp³-hybridized carbons (Fsp3) is 0.200. The monoisotopic (exact) mass is 459 g/mol. The first kappa shape index (κ1) is 20.0. The van der Waals surface area contributed by atoms with Crippen LogP contribution in [-0.4, -0.2) is 54.2 Å². The number of para-hydroxylation sites is 1. The summed E-state index contributed by atoms with van der Waals surface area (Å²) in [7, 11) is 0. The highest BCUT2D eigenvalue weighted by molar-refractivity contribution is 7.08. The molecule has 2 N–H and O–H groups in total. The van der Waals surface area contributed by atoms with Gasteiger partial charge in [0.15, 0.2) is 0 Å². The van der Waals surface area contributed by atoms with Gasteiger partial charge in [0.1, 0.15) is 5.82 Å². The smallest absolute Gasteiger partial charge is 0.253 e. The number of carbonyl (C=O) groups is 1. The lowest BCUT2D eigenvalue weighted by Crippen LogP contribution is -2.49. The molecule has 33 heavy (non-hydrogen) atoms. The third-order valence-electron chi connectivity index (χ3n) is 6.28. The summed E-state index contributed by atoms with van der Waals surface area (Å²) in [6.45, 7) is 3.01. The van der Waals surface area contributed by atoms with E-state index in [0.717, 1.165) is 33.7 Å². The van der Waals surface area contributed by atoms with Crippen LogP contribution in [0.4, 0.5) is 21.5 Å². The molecule has 0 unspecified atom stereocenters. The summed E-state index contributed by atoms with van der Waals surface area (Å²) < 4.78 is 14.1. The molecule has 2 aliphatic heterocycles. The molecule has 2 aliphatic rings. The fourth-order valence-corrected chi connectivity index (χ4v) is 5.21. The Balaban J connectivity index is 1.19. The highest BCUT2D eigenvalue weighted by Gasteiger charge is 2.24. The number of thiophene rings is 1. The average molecular weight is 460 g/mol. The number of amides is 1.